The summed E-state index contributed by atoms with van der Waals surface area (Å²) in [6, 6.07) is 4.10. The average molecular weight is 352 g/mol. The van der Waals surface area contributed by atoms with Crippen LogP contribution >= 0.6 is 11.6 Å². The number of ether oxygens (including phenoxy) is 2. The molecule has 0 bridgehead atoms. The van der Waals surface area contributed by atoms with Gasteiger partial charge in [-0.15, -0.1) is 13.2 Å². The summed E-state index contributed by atoms with van der Waals surface area (Å²) >= 11 is 6.02. The molecule has 1 amide bonds. The van der Waals surface area contributed by atoms with Crippen molar-refractivity contribution in [3.63, 3.8) is 0 Å². The Morgan fingerprint density at radius 1 is 1.26 bits per heavy atom. The van der Waals surface area contributed by atoms with E-state index in [9.17, 15) is 18.0 Å². The van der Waals surface area contributed by atoms with E-state index in [2.05, 4.69) is 4.74 Å². The predicted octanol–water partition coefficient (Wildman–Crippen LogP) is 4.57. The molecule has 0 saturated carbocycles. The molecule has 23 heavy (non-hydrogen) atoms. The molecular formula is C15H17ClF3NO3. The minimum Gasteiger partial charge on any atom is -0.444 e. The molecule has 1 aromatic carbocycles. The molecule has 128 valence electrons. The zero-order valence-electron chi connectivity index (χ0n) is 12.9. The molecule has 0 aromatic heterocycles. The average Bonchev–Trinajstić information content (AvgIpc) is 2.26. The normalized spacial score (nSPS) is 16.0. The molecule has 0 radical (unpaired) electrons. The largest absolute Gasteiger partial charge is 0.573 e. The second-order valence-corrected chi connectivity index (χ2v) is 6.69. The number of amides is 1. The van der Waals surface area contributed by atoms with Crippen LogP contribution in [0.2, 0.25) is 5.02 Å². The third-order valence-corrected chi connectivity index (χ3v) is 3.51. The highest BCUT2D eigenvalue weighted by Gasteiger charge is 2.39. The Bertz CT molecular complexity index is 593. The fourth-order valence-electron chi connectivity index (χ4n) is 2.26. The predicted molar refractivity (Wildman–Crippen MR) is 78.7 cm³/mol. The first kappa shape index (κ1) is 17.7. The summed E-state index contributed by atoms with van der Waals surface area (Å²) in [6.45, 7) is 5.68. The third kappa shape index (κ3) is 4.67. The van der Waals surface area contributed by atoms with Gasteiger partial charge in [0, 0.05) is 29.6 Å². The number of hydrogen-bond donors (Lipinski definition) is 0. The number of alkyl halides is 3. The van der Waals surface area contributed by atoms with E-state index in [4.69, 9.17) is 16.3 Å². The lowest BCUT2D eigenvalue weighted by Gasteiger charge is -2.40. The van der Waals surface area contributed by atoms with Gasteiger partial charge in [-0.2, -0.15) is 0 Å². The van der Waals surface area contributed by atoms with Gasteiger partial charge in [0.2, 0.25) is 0 Å². The van der Waals surface area contributed by atoms with E-state index in [1.807, 2.05) is 0 Å². The second kappa shape index (κ2) is 6.11. The van der Waals surface area contributed by atoms with Crippen molar-refractivity contribution < 1.29 is 27.4 Å². The smallest absolute Gasteiger partial charge is 0.444 e. The summed E-state index contributed by atoms with van der Waals surface area (Å²) in [5, 5.41) is 0.181. The van der Waals surface area contributed by atoms with Crippen LogP contribution in [0.4, 0.5) is 18.0 Å². The van der Waals surface area contributed by atoms with Crippen LogP contribution in [-0.4, -0.2) is 36.0 Å². The van der Waals surface area contributed by atoms with Crippen molar-refractivity contribution in [1.82, 2.24) is 4.90 Å². The number of carbonyl (C=O) groups is 1. The first-order chi connectivity index (χ1) is 10.5. The zero-order valence-corrected chi connectivity index (χ0v) is 13.7. The van der Waals surface area contributed by atoms with E-state index < -0.39 is 18.1 Å². The van der Waals surface area contributed by atoms with Gasteiger partial charge in [-0.1, -0.05) is 17.7 Å². The molecule has 1 saturated heterocycles. The maximum atomic E-state index is 12.5. The minimum atomic E-state index is -4.80. The Balaban J connectivity index is 2.09. The molecule has 0 aliphatic carbocycles. The van der Waals surface area contributed by atoms with Crippen molar-refractivity contribution in [1.29, 1.82) is 0 Å². The first-order valence-corrected chi connectivity index (χ1v) is 7.36. The van der Waals surface area contributed by atoms with E-state index in [-0.39, 0.29) is 35.3 Å². The molecule has 8 heteroatoms. The highest BCUT2D eigenvalue weighted by atomic mass is 35.5. The fraction of sp³-hybridized carbons (Fsp3) is 0.533. The molecule has 1 aliphatic rings. The Kier molecular flexibility index (Phi) is 4.71. The number of hydrogen-bond acceptors (Lipinski definition) is 3. The van der Waals surface area contributed by atoms with Gasteiger partial charge in [0.05, 0.1) is 0 Å². The van der Waals surface area contributed by atoms with Crippen molar-refractivity contribution in [2.45, 2.75) is 38.7 Å². The Morgan fingerprint density at radius 3 is 2.39 bits per heavy atom. The van der Waals surface area contributed by atoms with E-state index in [1.54, 1.807) is 20.8 Å². The van der Waals surface area contributed by atoms with Crippen LogP contribution < -0.4 is 4.74 Å². The van der Waals surface area contributed by atoms with Crippen LogP contribution in [0, 0.1) is 0 Å². The molecule has 0 spiro atoms. The fourth-order valence-corrected chi connectivity index (χ4v) is 2.58. The molecule has 4 nitrogen and oxygen atoms in total. The highest BCUT2D eigenvalue weighted by Crippen LogP contribution is 2.40. The third-order valence-electron chi connectivity index (χ3n) is 3.18. The van der Waals surface area contributed by atoms with Gasteiger partial charge in [-0.05, 0) is 32.9 Å². The van der Waals surface area contributed by atoms with Gasteiger partial charge in [-0.3, -0.25) is 0 Å². The van der Waals surface area contributed by atoms with Crippen LogP contribution in [0.15, 0.2) is 18.2 Å². The molecule has 0 unspecified atom stereocenters. The molecular weight excluding hydrogens is 335 g/mol. The summed E-state index contributed by atoms with van der Waals surface area (Å²) in [5.41, 5.74) is -0.372. The van der Waals surface area contributed by atoms with Gasteiger partial charge in [0.15, 0.2) is 0 Å². The van der Waals surface area contributed by atoms with Crippen molar-refractivity contribution in [3.8, 4) is 5.75 Å². The number of carbonyl (C=O) groups excluding carboxylic acids is 1. The Labute approximate surface area is 137 Å². The standard InChI is InChI=1S/C15H17ClF3NO3/c1-14(2,3)23-13(21)20-7-9(8-20)12-10(16)5-4-6-11(12)22-15(17,18)19/h4-6,9H,7-8H2,1-3H3. The monoisotopic (exact) mass is 351 g/mol. The molecule has 1 heterocycles. The first-order valence-electron chi connectivity index (χ1n) is 6.98. The van der Waals surface area contributed by atoms with E-state index in [1.165, 1.54) is 23.1 Å². The van der Waals surface area contributed by atoms with Crippen LogP contribution in [-0.2, 0) is 4.74 Å². The number of rotatable bonds is 2. The van der Waals surface area contributed by atoms with E-state index in [0.29, 0.717) is 0 Å². The summed E-state index contributed by atoms with van der Waals surface area (Å²) in [5.74, 6) is -0.660. The van der Waals surface area contributed by atoms with E-state index >= 15 is 0 Å². The summed E-state index contributed by atoms with van der Waals surface area (Å²) < 4.78 is 46.7. The molecule has 0 atom stereocenters. The van der Waals surface area contributed by atoms with Gasteiger partial charge < -0.3 is 14.4 Å². The SMILES string of the molecule is CC(C)(C)OC(=O)N1CC(c2c(Cl)cccc2OC(F)(F)F)C1. The highest BCUT2D eigenvalue weighted by molar-refractivity contribution is 6.31. The topological polar surface area (TPSA) is 38.8 Å². The number of nitrogens with zero attached hydrogens (tertiary/aromatic N) is 1. The van der Waals surface area contributed by atoms with Gasteiger partial charge >= 0.3 is 12.5 Å². The lowest BCUT2D eigenvalue weighted by Crippen LogP contribution is -2.50. The maximum Gasteiger partial charge on any atom is 0.573 e. The van der Waals surface area contributed by atoms with Crippen LogP contribution in [0.3, 0.4) is 0 Å². The summed E-state index contributed by atoms with van der Waals surface area (Å²) in [6.07, 6.45) is -5.30. The van der Waals surface area contributed by atoms with Crippen molar-refractivity contribution in [3.05, 3.63) is 28.8 Å². The maximum absolute atomic E-state index is 12.5. The zero-order chi connectivity index (χ0) is 17.4. The Hall–Kier alpha value is -1.63. The minimum absolute atomic E-state index is 0.181. The number of benzene rings is 1. The number of halogens is 4. The van der Waals surface area contributed by atoms with E-state index in [0.717, 1.165) is 0 Å². The lowest BCUT2D eigenvalue weighted by atomic mass is 9.91. The molecule has 0 N–H and O–H groups in total. The van der Waals surface area contributed by atoms with Crippen molar-refractivity contribution >= 4 is 17.7 Å². The second-order valence-electron chi connectivity index (χ2n) is 6.28. The molecule has 1 fully saturated rings. The summed E-state index contributed by atoms with van der Waals surface area (Å²) in [7, 11) is 0. The Morgan fingerprint density at radius 2 is 1.87 bits per heavy atom. The quantitative estimate of drug-likeness (QED) is 0.783. The molecule has 1 aliphatic heterocycles. The van der Waals surface area contributed by atoms with Crippen molar-refractivity contribution in [2.24, 2.45) is 0 Å². The summed E-state index contributed by atoms with van der Waals surface area (Å²) in [4.78, 5) is 13.3. The lowest BCUT2D eigenvalue weighted by molar-refractivity contribution is -0.275. The van der Waals surface area contributed by atoms with Crippen molar-refractivity contribution in [2.75, 3.05) is 13.1 Å². The van der Waals surface area contributed by atoms with Crippen LogP contribution in [0.1, 0.15) is 32.3 Å². The molecule has 1 aromatic rings. The van der Waals surface area contributed by atoms with Crippen LogP contribution in [0.25, 0.3) is 0 Å². The van der Waals surface area contributed by atoms with Gasteiger partial charge in [-0.25, -0.2) is 4.79 Å². The molecule has 2 rings (SSSR count). The number of likely N-dealkylation sites (tertiary alicyclic amines) is 1. The van der Waals surface area contributed by atoms with Crippen LogP contribution in [0.5, 0.6) is 5.75 Å². The van der Waals surface area contributed by atoms with Gasteiger partial charge in [0.25, 0.3) is 0 Å². The van der Waals surface area contributed by atoms with Gasteiger partial charge in [0.1, 0.15) is 11.4 Å².